The molecule has 2 aromatic rings. The van der Waals surface area contributed by atoms with Gasteiger partial charge >= 0.3 is 0 Å². The molecule has 0 aliphatic rings. The maximum absolute atomic E-state index is 12.4. The number of nitrogens with zero attached hydrogens (tertiary/aromatic N) is 2. The van der Waals surface area contributed by atoms with Crippen LogP contribution in [0.25, 0.3) is 0 Å². The molecule has 0 spiro atoms. The average Bonchev–Trinajstić information content (AvgIpc) is 2.57. The minimum atomic E-state index is -0.259. The van der Waals surface area contributed by atoms with Crippen LogP contribution in [0.4, 0.5) is 11.5 Å². The second-order valence-corrected chi connectivity index (χ2v) is 5.12. The van der Waals surface area contributed by atoms with E-state index in [4.69, 9.17) is 4.74 Å². The maximum Gasteiger partial charge on any atom is 0.275 e. The molecule has 0 saturated carbocycles. The number of hydrogen-bond acceptors (Lipinski definition) is 5. The summed E-state index contributed by atoms with van der Waals surface area (Å²) in [5.74, 6) is 0.355. The van der Waals surface area contributed by atoms with E-state index in [0.717, 1.165) is 23.2 Å². The van der Waals surface area contributed by atoms with Crippen molar-refractivity contribution in [2.75, 3.05) is 30.9 Å². The predicted molar refractivity (Wildman–Crippen MR) is 90.9 cm³/mol. The van der Waals surface area contributed by atoms with E-state index >= 15 is 0 Å². The second-order valence-electron chi connectivity index (χ2n) is 5.12. The van der Waals surface area contributed by atoms with Gasteiger partial charge in [0.2, 0.25) is 0 Å². The highest BCUT2D eigenvalue weighted by atomic mass is 16.5. The SMILES string of the molecule is CCc1cccc(C)c1NC(=O)c1cnc(NCCOC)cn1. The summed E-state index contributed by atoms with van der Waals surface area (Å²) in [5.41, 5.74) is 3.27. The molecular weight excluding hydrogens is 292 g/mol. The third-order valence-electron chi connectivity index (χ3n) is 3.48. The zero-order valence-corrected chi connectivity index (χ0v) is 13.7. The topological polar surface area (TPSA) is 76.1 Å². The van der Waals surface area contributed by atoms with Crippen molar-refractivity contribution in [3.05, 3.63) is 47.4 Å². The Balaban J connectivity index is 2.06. The van der Waals surface area contributed by atoms with Crippen LogP contribution in [0.1, 0.15) is 28.5 Å². The van der Waals surface area contributed by atoms with Crippen LogP contribution in [0, 0.1) is 6.92 Å². The summed E-state index contributed by atoms with van der Waals surface area (Å²) in [5, 5.41) is 5.99. The van der Waals surface area contributed by atoms with E-state index in [9.17, 15) is 4.79 Å². The first-order chi connectivity index (χ1) is 11.2. The molecule has 0 radical (unpaired) electrons. The van der Waals surface area contributed by atoms with Gasteiger partial charge in [0.05, 0.1) is 19.0 Å². The van der Waals surface area contributed by atoms with E-state index in [1.807, 2.05) is 25.1 Å². The number of aromatic nitrogens is 2. The predicted octanol–water partition coefficient (Wildman–Crippen LogP) is 2.66. The zero-order valence-electron chi connectivity index (χ0n) is 13.7. The molecule has 0 fully saturated rings. The van der Waals surface area contributed by atoms with Gasteiger partial charge in [-0.1, -0.05) is 25.1 Å². The number of ether oxygens (including phenoxy) is 1. The van der Waals surface area contributed by atoms with Crippen molar-refractivity contribution < 1.29 is 9.53 Å². The zero-order chi connectivity index (χ0) is 16.7. The minimum absolute atomic E-state index is 0.259. The molecule has 6 heteroatoms. The van der Waals surface area contributed by atoms with Crippen molar-refractivity contribution in [3.63, 3.8) is 0 Å². The Morgan fingerprint density at radius 3 is 2.74 bits per heavy atom. The van der Waals surface area contributed by atoms with Gasteiger partial charge < -0.3 is 15.4 Å². The summed E-state index contributed by atoms with van der Waals surface area (Å²) in [6, 6.07) is 5.98. The highest BCUT2D eigenvalue weighted by Crippen LogP contribution is 2.21. The molecule has 2 N–H and O–H groups in total. The van der Waals surface area contributed by atoms with Gasteiger partial charge in [0.15, 0.2) is 0 Å². The third-order valence-corrected chi connectivity index (χ3v) is 3.48. The molecule has 0 aliphatic carbocycles. The second kappa shape index (κ2) is 8.24. The lowest BCUT2D eigenvalue weighted by Crippen LogP contribution is -2.17. The summed E-state index contributed by atoms with van der Waals surface area (Å²) in [6.45, 7) is 5.25. The first-order valence-electron chi connectivity index (χ1n) is 7.60. The van der Waals surface area contributed by atoms with Gasteiger partial charge in [-0.15, -0.1) is 0 Å². The molecule has 122 valence electrons. The Bertz CT molecular complexity index is 656. The Labute approximate surface area is 136 Å². The molecule has 0 unspecified atom stereocenters. The Hall–Kier alpha value is -2.47. The first-order valence-corrected chi connectivity index (χ1v) is 7.60. The number of aryl methyl sites for hydroxylation is 2. The quantitative estimate of drug-likeness (QED) is 0.768. The Morgan fingerprint density at radius 1 is 1.26 bits per heavy atom. The summed E-state index contributed by atoms with van der Waals surface area (Å²) < 4.78 is 4.95. The molecule has 23 heavy (non-hydrogen) atoms. The molecule has 2 rings (SSSR count). The number of nitrogens with one attached hydrogen (secondary N) is 2. The van der Waals surface area contributed by atoms with E-state index in [2.05, 4.69) is 27.5 Å². The van der Waals surface area contributed by atoms with Gasteiger partial charge in [-0.2, -0.15) is 0 Å². The van der Waals surface area contributed by atoms with Crippen LogP contribution in [0.5, 0.6) is 0 Å². The van der Waals surface area contributed by atoms with Gasteiger partial charge in [0.25, 0.3) is 5.91 Å². The van der Waals surface area contributed by atoms with Crippen LogP contribution in [0.3, 0.4) is 0 Å². The summed E-state index contributed by atoms with van der Waals surface area (Å²) >= 11 is 0. The first kappa shape index (κ1) is 16.9. The highest BCUT2D eigenvalue weighted by Gasteiger charge is 2.12. The van der Waals surface area contributed by atoms with Crippen molar-refractivity contribution in [1.29, 1.82) is 0 Å². The summed E-state index contributed by atoms with van der Waals surface area (Å²) in [4.78, 5) is 20.7. The Morgan fingerprint density at radius 2 is 2.09 bits per heavy atom. The van der Waals surface area contributed by atoms with E-state index in [1.54, 1.807) is 13.3 Å². The van der Waals surface area contributed by atoms with Crippen LogP contribution in [0.15, 0.2) is 30.6 Å². The summed E-state index contributed by atoms with van der Waals surface area (Å²) in [7, 11) is 1.64. The smallest absolute Gasteiger partial charge is 0.275 e. The highest BCUT2D eigenvalue weighted by molar-refractivity contribution is 6.03. The van der Waals surface area contributed by atoms with E-state index in [0.29, 0.717) is 19.0 Å². The van der Waals surface area contributed by atoms with E-state index < -0.39 is 0 Å². The lowest BCUT2D eigenvalue weighted by atomic mass is 10.1. The fourth-order valence-electron chi connectivity index (χ4n) is 2.20. The van der Waals surface area contributed by atoms with Crippen LogP contribution in [-0.2, 0) is 11.2 Å². The van der Waals surface area contributed by atoms with Crippen LogP contribution in [0.2, 0.25) is 0 Å². The van der Waals surface area contributed by atoms with Crippen molar-refractivity contribution in [2.24, 2.45) is 0 Å². The standard InChI is InChI=1S/C17H22N4O2/c1-4-13-7-5-6-12(2)16(13)21-17(22)14-10-20-15(11-19-14)18-8-9-23-3/h5-7,10-11H,4,8-9H2,1-3H3,(H,18,20)(H,21,22). The third kappa shape index (κ3) is 4.50. The molecular formula is C17H22N4O2. The number of carbonyl (C=O) groups is 1. The number of benzene rings is 1. The normalized spacial score (nSPS) is 10.4. The maximum atomic E-state index is 12.4. The van der Waals surface area contributed by atoms with Gasteiger partial charge in [0.1, 0.15) is 11.5 Å². The Kier molecular flexibility index (Phi) is 6.05. The van der Waals surface area contributed by atoms with Crippen molar-refractivity contribution in [1.82, 2.24) is 9.97 Å². The van der Waals surface area contributed by atoms with Crippen molar-refractivity contribution in [3.8, 4) is 0 Å². The van der Waals surface area contributed by atoms with E-state index in [1.165, 1.54) is 6.20 Å². The number of methoxy groups -OCH3 is 1. The van der Waals surface area contributed by atoms with Gasteiger partial charge in [0, 0.05) is 19.3 Å². The van der Waals surface area contributed by atoms with Crippen LogP contribution < -0.4 is 10.6 Å². The molecule has 1 aromatic carbocycles. The van der Waals surface area contributed by atoms with Crippen molar-refractivity contribution >= 4 is 17.4 Å². The average molecular weight is 314 g/mol. The molecule has 1 heterocycles. The number of rotatable bonds is 7. The monoisotopic (exact) mass is 314 g/mol. The van der Waals surface area contributed by atoms with E-state index in [-0.39, 0.29) is 11.6 Å². The molecule has 1 amide bonds. The van der Waals surface area contributed by atoms with Gasteiger partial charge in [-0.05, 0) is 24.5 Å². The van der Waals surface area contributed by atoms with Gasteiger partial charge in [-0.3, -0.25) is 4.79 Å². The molecule has 0 aliphatic heterocycles. The molecule has 0 saturated heterocycles. The molecule has 0 atom stereocenters. The fourth-order valence-corrected chi connectivity index (χ4v) is 2.20. The number of amides is 1. The number of hydrogen-bond donors (Lipinski definition) is 2. The number of anilines is 2. The lowest BCUT2D eigenvalue weighted by molar-refractivity contribution is 0.102. The number of carbonyl (C=O) groups excluding carboxylic acids is 1. The molecule has 0 bridgehead atoms. The largest absolute Gasteiger partial charge is 0.383 e. The van der Waals surface area contributed by atoms with Crippen LogP contribution in [-0.4, -0.2) is 36.1 Å². The minimum Gasteiger partial charge on any atom is -0.383 e. The van der Waals surface area contributed by atoms with Gasteiger partial charge in [-0.25, -0.2) is 9.97 Å². The lowest BCUT2D eigenvalue weighted by Gasteiger charge is -2.12. The van der Waals surface area contributed by atoms with Crippen molar-refractivity contribution in [2.45, 2.75) is 20.3 Å². The number of para-hydroxylation sites is 1. The fraction of sp³-hybridized carbons (Fsp3) is 0.353. The van der Waals surface area contributed by atoms with Crippen LogP contribution >= 0.6 is 0 Å². The molecule has 6 nitrogen and oxygen atoms in total. The summed E-state index contributed by atoms with van der Waals surface area (Å²) in [6.07, 6.45) is 3.86. The molecule has 1 aromatic heterocycles.